The smallest absolute Gasteiger partial charge is 0.140 e. The number of benzene rings is 3. The maximum atomic E-state index is 9.83. The van der Waals surface area contributed by atoms with Crippen LogP contribution < -0.4 is 0 Å². The summed E-state index contributed by atoms with van der Waals surface area (Å²) < 4.78 is 2.47. The van der Waals surface area contributed by atoms with Crippen LogP contribution in [0.5, 0.6) is 5.75 Å². The molecule has 1 unspecified atom stereocenters. The first kappa shape index (κ1) is 25.7. The second-order valence-electron chi connectivity index (χ2n) is 9.59. The van der Waals surface area contributed by atoms with E-state index in [-0.39, 0.29) is 6.04 Å². The highest BCUT2D eigenvalue weighted by Gasteiger charge is 2.26. The second kappa shape index (κ2) is 13.1. The van der Waals surface area contributed by atoms with E-state index in [2.05, 4.69) is 90.2 Å². The van der Waals surface area contributed by atoms with E-state index >= 15 is 0 Å². The van der Waals surface area contributed by atoms with Crippen LogP contribution in [0, 0.1) is 0 Å². The molecule has 4 aromatic rings. The third-order valence-corrected chi connectivity index (χ3v) is 6.82. The Hall–Kier alpha value is -3.37. The molecule has 1 atom stereocenters. The van der Waals surface area contributed by atoms with E-state index < -0.39 is 0 Å². The number of hydrogen-bond donors (Lipinski definition) is 1. The Morgan fingerprint density at radius 2 is 1.39 bits per heavy atom. The Morgan fingerprint density at radius 1 is 0.778 bits per heavy atom. The van der Waals surface area contributed by atoms with Crippen molar-refractivity contribution in [3.63, 3.8) is 0 Å². The lowest BCUT2D eigenvalue weighted by molar-refractivity contribution is 0.159. The van der Waals surface area contributed by atoms with Gasteiger partial charge >= 0.3 is 0 Å². The summed E-state index contributed by atoms with van der Waals surface area (Å²) in [4.78, 5) is 7.57. The number of phenols is 1. The molecule has 36 heavy (non-hydrogen) atoms. The molecule has 0 saturated heterocycles. The fourth-order valence-electron chi connectivity index (χ4n) is 4.87. The molecule has 188 valence electrons. The zero-order valence-electron chi connectivity index (χ0n) is 21.7. The summed E-state index contributed by atoms with van der Waals surface area (Å²) in [5.41, 5.74) is 4.97. The molecular formula is C32H39N3O. The third-order valence-electron chi connectivity index (χ3n) is 6.82. The monoisotopic (exact) mass is 481 g/mol. The third kappa shape index (κ3) is 6.64. The van der Waals surface area contributed by atoms with Crippen LogP contribution in [0.15, 0.2) is 91.1 Å². The van der Waals surface area contributed by atoms with Crippen LogP contribution in [0.1, 0.15) is 68.8 Å². The Labute approximate surface area is 216 Å². The molecule has 0 amide bonds. The molecule has 1 heterocycles. The molecular weight excluding hydrogens is 442 g/mol. The maximum Gasteiger partial charge on any atom is 0.140 e. The fraction of sp³-hybridized carbons (Fsp3) is 0.344. The van der Waals surface area contributed by atoms with Gasteiger partial charge in [0.2, 0.25) is 0 Å². The molecule has 0 spiro atoms. The first-order chi connectivity index (χ1) is 17.7. The van der Waals surface area contributed by atoms with Gasteiger partial charge in [0, 0.05) is 25.2 Å². The first-order valence-electron chi connectivity index (χ1n) is 13.4. The predicted molar refractivity (Wildman–Crippen MR) is 149 cm³/mol. The quantitative estimate of drug-likeness (QED) is 0.210. The van der Waals surface area contributed by atoms with E-state index in [1.54, 1.807) is 12.1 Å². The summed E-state index contributed by atoms with van der Waals surface area (Å²) in [6.45, 7) is 7.15. The number of unbranched alkanes of at least 4 members (excludes halogenated alkanes) is 2. The van der Waals surface area contributed by atoms with E-state index in [9.17, 15) is 5.11 Å². The summed E-state index contributed by atoms with van der Waals surface area (Å²) in [7, 11) is 0. The van der Waals surface area contributed by atoms with E-state index in [1.807, 2.05) is 12.1 Å². The van der Waals surface area contributed by atoms with Crippen LogP contribution in [0.2, 0.25) is 0 Å². The molecule has 0 aliphatic carbocycles. The molecule has 0 aliphatic heterocycles. The van der Waals surface area contributed by atoms with E-state index in [1.165, 1.54) is 22.4 Å². The van der Waals surface area contributed by atoms with Crippen LogP contribution in [-0.4, -0.2) is 19.6 Å². The molecule has 0 bridgehead atoms. The summed E-state index contributed by atoms with van der Waals surface area (Å²) in [6, 6.07) is 29.2. The largest absolute Gasteiger partial charge is 0.508 e. The highest BCUT2D eigenvalue weighted by atomic mass is 16.3. The summed E-state index contributed by atoms with van der Waals surface area (Å²) >= 11 is 0. The number of nitrogens with zero attached hydrogens (tertiary/aromatic N) is 3. The number of phenolic OH excluding ortho intramolecular Hbond substituents is 1. The molecule has 4 nitrogen and oxygen atoms in total. The molecule has 3 aromatic carbocycles. The number of imidazole rings is 1. The van der Waals surface area contributed by atoms with Crippen molar-refractivity contribution < 1.29 is 5.11 Å². The predicted octanol–water partition coefficient (Wildman–Crippen LogP) is 7.99. The SMILES string of the molecule is CCCCC(c1cnc(-c2ccccc2)n1CCCC)N(Cc1ccccc1)Cc1ccc(O)cc1. The fourth-order valence-corrected chi connectivity index (χ4v) is 4.87. The highest BCUT2D eigenvalue weighted by Crippen LogP contribution is 2.33. The minimum atomic E-state index is 0.237. The van der Waals surface area contributed by atoms with Crippen molar-refractivity contribution in [2.24, 2.45) is 0 Å². The second-order valence-corrected chi connectivity index (χ2v) is 9.59. The van der Waals surface area contributed by atoms with Gasteiger partial charge in [-0.05, 0) is 36.1 Å². The van der Waals surface area contributed by atoms with Crippen molar-refractivity contribution in [3.8, 4) is 17.1 Å². The zero-order chi connectivity index (χ0) is 25.2. The van der Waals surface area contributed by atoms with Gasteiger partial charge in [-0.2, -0.15) is 0 Å². The van der Waals surface area contributed by atoms with Crippen molar-refractivity contribution in [1.29, 1.82) is 0 Å². The maximum absolute atomic E-state index is 9.83. The molecule has 0 saturated carbocycles. The minimum Gasteiger partial charge on any atom is -0.508 e. The molecule has 4 rings (SSSR count). The van der Waals surface area contributed by atoms with Gasteiger partial charge < -0.3 is 9.67 Å². The lowest BCUT2D eigenvalue weighted by Gasteiger charge is -2.33. The molecule has 0 aliphatic rings. The van der Waals surface area contributed by atoms with Crippen LogP contribution >= 0.6 is 0 Å². The van der Waals surface area contributed by atoms with E-state index in [0.29, 0.717) is 5.75 Å². The molecule has 1 N–H and O–H groups in total. The van der Waals surface area contributed by atoms with Crippen LogP contribution in [0.4, 0.5) is 0 Å². The van der Waals surface area contributed by atoms with Gasteiger partial charge in [0.15, 0.2) is 0 Å². The van der Waals surface area contributed by atoms with Gasteiger partial charge in [-0.3, -0.25) is 4.90 Å². The Morgan fingerprint density at radius 3 is 2.03 bits per heavy atom. The van der Waals surface area contributed by atoms with Crippen molar-refractivity contribution in [3.05, 3.63) is 108 Å². The highest BCUT2D eigenvalue weighted by molar-refractivity contribution is 5.56. The Bertz CT molecular complexity index is 1170. The van der Waals surface area contributed by atoms with Crippen LogP contribution in [0.3, 0.4) is 0 Å². The van der Waals surface area contributed by atoms with E-state index in [4.69, 9.17) is 4.98 Å². The number of aromatic nitrogens is 2. The van der Waals surface area contributed by atoms with Crippen LogP contribution in [-0.2, 0) is 19.6 Å². The summed E-state index contributed by atoms with van der Waals surface area (Å²) in [6.07, 6.45) is 7.78. The van der Waals surface area contributed by atoms with Crippen molar-refractivity contribution >= 4 is 0 Å². The van der Waals surface area contributed by atoms with Gasteiger partial charge in [0.05, 0.1) is 17.9 Å². The number of aromatic hydroxyl groups is 1. The summed E-state index contributed by atoms with van der Waals surface area (Å²) in [5, 5.41) is 9.83. The van der Waals surface area contributed by atoms with Gasteiger partial charge in [0.25, 0.3) is 0 Å². The molecule has 0 radical (unpaired) electrons. The van der Waals surface area contributed by atoms with Gasteiger partial charge in [-0.15, -0.1) is 0 Å². The lowest BCUT2D eigenvalue weighted by Crippen LogP contribution is -2.30. The minimum absolute atomic E-state index is 0.237. The van der Waals surface area contributed by atoms with Crippen molar-refractivity contribution in [2.45, 2.75) is 71.6 Å². The normalized spacial score (nSPS) is 12.2. The van der Waals surface area contributed by atoms with Crippen LogP contribution in [0.25, 0.3) is 11.4 Å². The molecule has 1 aromatic heterocycles. The van der Waals surface area contributed by atoms with Crippen molar-refractivity contribution in [2.75, 3.05) is 0 Å². The topological polar surface area (TPSA) is 41.3 Å². The average molecular weight is 482 g/mol. The molecule has 0 fully saturated rings. The molecule has 4 heteroatoms. The Balaban J connectivity index is 1.76. The standard InChI is InChI=1S/C32H39N3O/c1-3-5-17-30(31-23-33-32(35(31)22-6-4-2)28-15-11-8-12-16-28)34(24-26-13-9-7-10-14-26)25-27-18-20-29(36)21-19-27/h7-16,18-21,23,30,36H,3-6,17,22,24-25H2,1-2H3. The van der Waals surface area contributed by atoms with Crippen molar-refractivity contribution in [1.82, 2.24) is 14.5 Å². The Kier molecular flexibility index (Phi) is 9.34. The zero-order valence-corrected chi connectivity index (χ0v) is 21.7. The van der Waals surface area contributed by atoms with Gasteiger partial charge in [-0.25, -0.2) is 4.98 Å². The lowest BCUT2D eigenvalue weighted by atomic mass is 10.0. The van der Waals surface area contributed by atoms with Gasteiger partial charge in [-0.1, -0.05) is 106 Å². The number of hydrogen-bond acceptors (Lipinski definition) is 3. The average Bonchev–Trinajstić information content (AvgIpc) is 3.33. The first-order valence-corrected chi connectivity index (χ1v) is 13.4. The van der Waals surface area contributed by atoms with Gasteiger partial charge in [0.1, 0.15) is 11.6 Å². The summed E-state index contributed by atoms with van der Waals surface area (Å²) in [5.74, 6) is 1.37. The van der Waals surface area contributed by atoms with E-state index in [0.717, 1.165) is 57.6 Å². The number of rotatable bonds is 13.